The molecule has 0 fully saturated rings. The molecule has 86 valence electrons. The van der Waals surface area contributed by atoms with Gasteiger partial charge in [-0.25, -0.2) is 9.97 Å². The van der Waals surface area contributed by atoms with Crippen molar-refractivity contribution in [3.05, 3.63) is 15.8 Å². The van der Waals surface area contributed by atoms with Gasteiger partial charge in [0.25, 0.3) is 0 Å². The summed E-state index contributed by atoms with van der Waals surface area (Å²) in [4.78, 5) is 8.94. The first-order chi connectivity index (χ1) is 7.65. The van der Waals surface area contributed by atoms with E-state index in [4.69, 9.17) is 0 Å². The van der Waals surface area contributed by atoms with Crippen LogP contribution in [0.25, 0.3) is 11.4 Å². The van der Waals surface area contributed by atoms with E-state index >= 15 is 0 Å². The standard InChI is InChI=1S/C11H15N3S2/c1-7(2)4-12-11-14-10(6-16-11)9-5-15-8(3)13-9/h5-7H,4H2,1-3H3,(H,12,14). The summed E-state index contributed by atoms with van der Waals surface area (Å²) in [5.41, 5.74) is 1.96. The number of nitrogens with one attached hydrogen (secondary N) is 1. The molecule has 0 saturated carbocycles. The van der Waals surface area contributed by atoms with Gasteiger partial charge in [0, 0.05) is 17.3 Å². The van der Waals surface area contributed by atoms with Crippen molar-refractivity contribution in [1.82, 2.24) is 9.97 Å². The monoisotopic (exact) mass is 253 g/mol. The molecule has 0 aliphatic carbocycles. The summed E-state index contributed by atoms with van der Waals surface area (Å²) in [5.74, 6) is 0.633. The van der Waals surface area contributed by atoms with Crippen molar-refractivity contribution in [3.63, 3.8) is 0 Å². The number of rotatable bonds is 4. The van der Waals surface area contributed by atoms with Crippen LogP contribution in [0, 0.1) is 12.8 Å². The molecule has 1 N–H and O–H groups in total. The largest absolute Gasteiger partial charge is 0.361 e. The average molecular weight is 253 g/mol. The number of aromatic nitrogens is 2. The zero-order valence-electron chi connectivity index (χ0n) is 9.65. The topological polar surface area (TPSA) is 37.8 Å². The van der Waals surface area contributed by atoms with E-state index in [1.54, 1.807) is 22.7 Å². The Morgan fingerprint density at radius 1 is 1.19 bits per heavy atom. The Labute approximate surface area is 104 Å². The molecule has 2 aromatic rings. The molecule has 0 aliphatic rings. The Morgan fingerprint density at radius 2 is 1.88 bits per heavy atom. The van der Waals surface area contributed by atoms with Crippen LogP contribution in [0.1, 0.15) is 18.9 Å². The van der Waals surface area contributed by atoms with Crippen molar-refractivity contribution in [2.45, 2.75) is 20.8 Å². The molecule has 2 aromatic heterocycles. The van der Waals surface area contributed by atoms with Gasteiger partial charge in [0.15, 0.2) is 5.13 Å². The summed E-state index contributed by atoms with van der Waals surface area (Å²) in [7, 11) is 0. The smallest absolute Gasteiger partial charge is 0.183 e. The molecule has 0 aliphatic heterocycles. The van der Waals surface area contributed by atoms with Crippen LogP contribution in [-0.4, -0.2) is 16.5 Å². The minimum Gasteiger partial charge on any atom is -0.361 e. The van der Waals surface area contributed by atoms with Gasteiger partial charge >= 0.3 is 0 Å². The lowest BCUT2D eigenvalue weighted by Gasteiger charge is -2.04. The normalized spacial score (nSPS) is 11.0. The second-order valence-electron chi connectivity index (χ2n) is 4.06. The molecule has 0 bridgehead atoms. The summed E-state index contributed by atoms with van der Waals surface area (Å²) in [6.07, 6.45) is 0. The molecule has 0 aromatic carbocycles. The maximum Gasteiger partial charge on any atom is 0.183 e. The molecule has 3 nitrogen and oxygen atoms in total. The number of anilines is 1. The van der Waals surface area contributed by atoms with Crippen LogP contribution >= 0.6 is 22.7 Å². The van der Waals surface area contributed by atoms with E-state index in [2.05, 4.69) is 39.9 Å². The molecule has 16 heavy (non-hydrogen) atoms. The van der Waals surface area contributed by atoms with Gasteiger partial charge in [-0.05, 0) is 12.8 Å². The second kappa shape index (κ2) is 4.93. The quantitative estimate of drug-likeness (QED) is 0.904. The number of thiazole rings is 2. The Balaban J connectivity index is 2.07. The van der Waals surface area contributed by atoms with Gasteiger partial charge in [0.05, 0.1) is 5.01 Å². The molecule has 0 unspecified atom stereocenters. The number of nitrogens with zero attached hydrogens (tertiary/aromatic N) is 2. The summed E-state index contributed by atoms with van der Waals surface area (Å²) < 4.78 is 0. The highest BCUT2D eigenvalue weighted by molar-refractivity contribution is 7.14. The van der Waals surface area contributed by atoms with Crippen LogP contribution in [0.4, 0.5) is 5.13 Å². The van der Waals surface area contributed by atoms with Gasteiger partial charge in [-0.3, -0.25) is 0 Å². The lowest BCUT2D eigenvalue weighted by atomic mass is 10.2. The first-order valence-electron chi connectivity index (χ1n) is 5.27. The Bertz CT molecular complexity index is 459. The Kier molecular flexibility index (Phi) is 3.56. The first kappa shape index (κ1) is 11.5. The molecule has 0 spiro atoms. The molecular formula is C11H15N3S2. The van der Waals surface area contributed by atoms with Crippen molar-refractivity contribution in [2.75, 3.05) is 11.9 Å². The van der Waals surface area contributed by atoms with Gasteiger partial charge in [0.2, 0.25) is 0 Å². The van der Waals surface area contributed by atoms with E-state index in [-0.39, 0.29) is 0 Å². The second-order valence-corrected chi connectivity index (χ2v) is 5.98. The zero-order chi connectivity index (χ0) is 11.5. The summed E-state index contributed by atoms with van der Waals surface area (Å²) in [6.45, 7) is 7.35. The summed E-state index contributed by atoms with van der Waals surface area (Å²) in [6, 6.07) is 0. The van der Waals surface area contributed by atoms with E-state index in [0.29, 0.717) is 5.92 Å². The first-order valence-corrected chi connectivity index (χ1v) is 7.03. The van der Waals surface area contributed by atoms with E-state index < -0.39 is 0 Å². The molecule has 2 heterocycles. The zero-order valence-corrected chi connectivity index (χ0v) is 11.3. The molecule has 0 atom stereocenters. The number of hydrogen-bond acceptors (Lipinski definition) is 5. The minimum atomic E-state index is 0.633. The fourth-order valence-corrected chi connectivity index (χ4v) is 2.57. The SMILES string of the molecule is Cc1nc(-c2csc(NCC(C)C)n2)cs1. The van der Waals surface area contributed by atoms with Crippen molar-refractivity contribution in [2.24, 2.45) is 5.92 Å². The van der Waals surface area contributed by atoms with Gasteiger partial charge in [0.1, 0.15) is 11.4 Å². The van der Waals surface area contributed by atoms with Crippen molar-refractivity contribution >= 4 is 27.8 Å². The van der Waals surface area contributed by atoms with Gasteiger partial charge in [-0.1, -0.05) is 13.8 Å². The predicted octanol–water partition coefficient (Wildman–Crippen LogP) is 3.64. The van der Waals surface area contributed by atoms with Crippen molar-refractivity contribution in [1.29, 1.82) is 0 Å². The van der Waals surface area contributed by atoms with Gasteiger partial charge in [-0.2, -0.15) is 0 Å². The highest BCUT2D eigenvalue weighted by Gasteiger charge is 2.07. The van der Waals surface area contributed by atoms with Crippen LogP contribution in [0.15, 0.2) is 10.8 Å². The maximum absolute atomic E-state index is 4.52. The summed E-state index contributed by atoms with van der Waals surface area (Å²) >= 11 is 3.30. The third-order valence-electron chi connectivity index (χ3n) is 2.05. The molecule has 0 radical (unpaired) electrons. The lowest BCUT2D eigenvalue weighted by Crippen LogP contribution is -2.07. The maximum atomic E-state index is 4.52. The van der Waals surface area contributed by atoms with Crippen molar-refractivity contribution < 1.29 is 0 Å². The Hall–Kier alpha value is -0.940. The molecule has 0 amide bonds. The predicted molar refractivity (Wildman–Crippen MR) is 71.3 cm³/mol. The lowest BCUT2D eigenvalue weighted by molar-refractivity contribution is 0.688. The van der Waals surface area contributed by atoms with Gasteiger partial charge in [-0.15, -0.1) is 22.7 Å². The fraction of sp³-hybridized carbons (Fsp3) is 0.455. The highest BCUT2D eigenvalue weighted by Crippen LogP contribution is 2.25. The number of aryl methyl sites for hydroxylation is 1. The fourth-order valence-electron chi connectivity index (χ4n) is 1.25. The Morgan fingerprint density at radius 3 is 2.50 bits per heavy atom. The van der Waals surface area contributed by atoms with Crippen LogP contribution in [-0.2, 0) is 0 Å². The highest BCUT2D eigenvalue weighted by atomic mass is 32.1. The molecule has 5 heteroatoms. The van der Waals surface area contributed by atoms with E-state index in [9.17, 15) is 0 Å². The van der Waals surface area contributed by atoms with E-state index in [0.717, 1.165) is 28.1 Å². The van der Waals surface area contributed by atoms with Crippen LogP contribution in [0.5, 0.6) is 0 Å². The van der Waals surface area contributed by atoms with Crippen LogP contribution in [0.2, 0.25) is 0 Å². The molecule has 0 saturated heterocycles. The van der Waals surface area contributed by atoms with Crippen LogP contribution < -0.4 is 5.32 Å². The molecule has 2 rings (SSSR count). The van der Waals surface area contributed by atoms with Gasteiger partial charge < -0.3 is 5.32 Å². The minimum absolute atomic E-state index is 0.633. The van der Waals surface area contributed by atoms with E-state index in [1.165, 1.54) is 0 Å². The third kappa shape index (κ3) is 2.80. The third-order valence-corrected chi connectivity index (χ3v) is 3.62. The molecular weight excluding hydrogens is 238 g/mol. The van der Waals surface area contributed by atoms with Crippen molar-refractivity contribution in [3.8, 4) is 11.4 Å². The average Bonchev–Trinajstić information content (AvgIpc) is 2.83. The van der Waals surface area contributed by atoms with Crippen LogP contribution in [0.3, 0.4) is 0 Å². The number of hydrogen-bond donors (Lipinski definition) is 1. The van der Waals surface area contributed by atoms with E-state index in [1.807, 2.05) is 6.92 Å². The summed E-state index contributed by atoms with van der Waals surface area (Å²) in [5, 5.41) is 9.49.